The van der Waals surface area contributed by atoms with Crippen LogP contribution in [0.1, 0.15) is 110 Å². The molecular formula is C60H58F14N6O6S2. The smallest absolute Gasteiger partial charge is 0.416 e. The van der Waals surface area contributed by atoms with E-state index in [0.29, 0.717) is 72.2 Å². The molecule has 7 rings (SSSR count). The summed E-state index contributed by atoms with van der Waals surface area (Å²) in [4.78, 5) is 59.0. The van der Waals surface area contributed by atoms with E-state index >= 15 is 0 Å². The van der Waals surface area contributed by atoms with Gasteiger partial charge in [0.1, 0.15) is 23.7 Å². The van der Waals surface area contributed by atoms with Gasteiger partial charge in [0.15, 0.2) is 10.2 Å². The number of rotatable bonds is 18. The summed E-state index contributed by atoms with van der Waals surface area (Å²) in [6.07, 6.45) is -19.6. The fraction of sp³-hybridized carbons (Fsp3) is 0.400. The van der Waals surface area contributed by atoms with Crippen molar-refractivity contribution in [1.29, 1.82) is 0 Å². The lowest BCUT2D eigenvalue weighted by atomic mass is 9.84. The SMILES string of the molecule is CC(C)(COC(=O)Cc1ccc(CC(=O)OCC(C)(C)[C@H](NC(=S)Nc2cc(C(F)(F)F)cc(C(F)(F)F)c2)C(=O)N2CCC[C@@H]2c2ccc(F)cc2)cc1)[C@H](NC(=S)Nc1cc(C(F)(F)F)cc(C(F)(F)F)c1)C(=O)N1CCC[C@@H]1c1ccc(F)cc1. The van der Waals surface area contributed by atoms with Crippen molar-refractivity contribution in [2.45, 2.75) is 115 Å². The van der Waals surface area contributed by atoms with Crippen LogP contribution in [0.2, 0.25) is 0 Å². The van der Waals surface area contributed by atoms with E-state index in [9.17, 15) is 80.6 Å². The highest BCUT2D eigenvalue weighted by atomic mass is 32.1. The van der Waals surface area contributed by atoms with E-state index in [0.717, 1.165) is 0 Å². The zero-order valence-corrected chi connectivity index (χ0v) is 48.9. The molecule has 5 aromatic rings. The zero-order chi connectivity index (χ0) is 64.9. The predicted octanol–water partition coefficient (Wildman–Crippen LogP) is 13.7. The molecule has 0 radical (unpaired) electrons. The van der Waals surface area contributed by atoms with Crippen LogP contribution in [-0.4, -0.2) is 82.2 Å². The van der Waals surface area contributed by atoms with Crippen molar-refractivity contribution in [1.82, 2.24) is 20.4 Å². The van der Waals surface area contributed by atoms with Gasteiger partial charge in [0.25, 0.3) is 0 Å². The maximum atomic E-state index is 14.6. The van der Waals surface area contributed by atoms with Crippen LogP contribution < -0.4 is 21.3 Å². The van der Waals surface area contributed by atoms with Crippen LogP contribution >= 0.6 is 24.4 Å². The molecule has 2 amide bonds. The van der Waals surface area contributed by atoms with Gasteiger partial charge in [0, 0.05) is 35.3 Å². The summed E-state index contributed by atoms with van der Waals surface area (Å²) in [6, 6.07) is 14.3. The standard InChI is InChI=1S/C60H58F14N6O6S2/c1-55(2,49(51(83)79-21-5-7-45(79)35-13-17-41(61)18-14-35)77-53(87)75-43-27-37(57(63,64)65)25-38(28-43)58(66,67)68)31-85-47(81)23-33-9-11-34(12-10-33)24-48(82)86-32-56(3,4)50(52(84)80-22-6-8-46(80)36-15-19-42(62)20-16-36)78-54(88)76-44-29-39(59(69,70)71)26-40(30-44)60(72,73)74/h9-20,25-30,45-46,49-50H,5-8,21-24,31-32H2,1-4H3,(H2,75,77,87)(H2,76,78,88)/t45-,46-,49-,50-/m1/s1. The topological polar surface area (TPSA) is 141 Å². The van der Waals surface area contributed by atoms with Crippen LogP contribution in [0.15, 0.2) is 109 Å². The third-order valence-corrected chi connectivity index (χ3v) is 15.3. The summed E-state index contributed by atoms with van der Waals surface area (Å²) in [6.45, 7) is 5.41. The van der Waals surface area contributed by atoms with E-state index in [1.165, 1.54) is 110 Å². The highest BCUT2D eigenvalue weighted by Gasteiger charge is 2.46. The van der Waals surface area contributed by atoms with E-state index in [-0.39, 0.29) is 38.1 Å². The summed E-state index contributed by atoms with van der Waals surface area (Å²) in [5, 5.41) is 9.02. The number of hydrogen-bond acceptors (Lipinski definition) is 8. The largest absolute Gasteiger partial charge is 0.465 e. The van der Waals surface area contributed by atoms with Gasteiger partial charge >= 0.3 is 36.6 Å². The molecule has 2 aliphatic heterocycles. The Labute approximate surface area is 506 Å². The highest BCUT2D eigenvalue weighted by molar-refractivity contribution is 7.80. The van der Waals surface area contributed by atoms with Crippen molar-refractivity contribution < 1.29 is 90.1 Å². The molecule has 2 saturated heterocycles. The molecule has 0 spiro atoms. The minimum absolute atomic E-state index is 0.0666. The first-order valence-corrected chi connectivity index (χ1v) is 27.9. The average molecular weight is 1290 g/mol. The van der Waals surface area contributed by atoms with Crippen LogP contribution in [0.25, 0.3) is 0 Å². The summed E-state index contributed by atoms with van der Waals surface area (Å²) < 4.78 is 204. The molecule has 0 aliphatic carbocycles. The fourth-order valence-corrected chi connectivity index (χ4v) is 10.7. The molecule has 12 nitrogen and oxygen atoms in total. The van der Waals surface area contributed by atoms with Gasteiger partial charge < -0.3 is 40.5 Å². The number of likely N-dealkylation sites (tertiary alicyclic amines) is 2. The number of carbonyl (C=O) groups is 4. The fourth-order valence-electron chi connectivity index (χ4n) is 10.2. The molecule has 0 saturated carbocycles. The Morgan fingerprint density at radius 2 is 0.784 bits per heavy atom. The summed E-state index contributed by atoms with van der Waals surface area (Å²) in [5.74, 6) is -3.96. The van der Waals surface area contributed by atoms with Crippen molar-refractivity contribution in [3.05, 3.63) is 165 Å². The van der Waals surface area contributed by atoms with Crippen molar-refractivity contribution in [3.8, 4) is 0 Å². The van der Waals surface area contributed by atoms with Gasteiger partial charge in [0.2, 0.25) is 11.8 Å². The number of amides is 2. The molecule has 4 atom stereocenters. The monoisotopic (exact) mass is 1290 g/mol. The van der Waals surface area contributed by atoms with Gasteiger partial charge in [-0.05, 0) is 133 Å². The second kappa shape index (κ2) is 27.0. The minimum atomic E-state index is -5.18. The molecule has 4 N–H and O–H groups in total. The summed E-state index contributed by atoms with van der Waals surface area (Å²) in [7, 11) is 0. The normalized spacial score (nSPS) is 16.6. The molecule has 0 aromatic heterocycles. The molecule has 2 heterocycles. The number of alkyl halides is 12. The minimum Gasteiger partial charge on any atom is -0.465 e. The Morgan fingerprint density at radius 3 is 1.07 bits per heavy atom. The van der Waals surface area contributed by atoms with E-state index in [1.54, 1.807) is 0 Å². The summed E-state index contributed by atoms with van der Waals surface area (Å²) >= 11 is 10.7. The van der Waals surface area contributed by atoms with Gasteiger partial charge in [-0.2, -0.15) is 52.7 Å². The highest BCUT2D eigenvalue weighted by Crippen LogP contribution is 2.41. The summed E-state index contributed by atoms with van der Waals surface area (Å²) in [5.41, 5.74) is -8.83. The zero-order valence-electron chi connectivity index (χ0n) is 47.2. The molecule has 5 aromatic carbocycles. The predicted molar refractivity (Wildman–Crippen MR) is 303 cm³/mol. The van der Waals surface area contributed by atoms with Crippen LogP contribution in [0, 0.1) is 22.5 Å². The molecule has 474 valence electrons. The second-order valence-electron chi connectivity index (χ2n) is 22.6. The van der Waals surface area contributed by atoms with Gasteiger partial charge in [-0.1, -0.05) is 76.2 Å². The molecular weight excluding hydrogens is 1230 g/mol. The number of nitrogens with one attached hydrogen (secondary N) is 4. The molecule has 2 aliphatic rings. The van der Waals surface area contributed by atoms with E-state index in [2.05, 4.69) is 21.3 Å². The molecule has 28 heteroatoms. The Balaban J connectivity index is 1.01. The maximum absolute atomic E-state index is 14.6. The number of esters is 2. The van der Waals surface area contributed by atoms with Crippen LogP contribution in [0.3, 0.4) is 0 Å². The lowest BCUT2D eigenvalue weighted by Crippen LogP contribution is -2.57. The van der Waals surface area contributed by atoms with E-state index in [4.69, 9.17) is 33.9 Å². The van der Waals surface area contributed by atoms with Gasteiger partial charge in [-0.25, -0.2) is 8.78 Å². The Kier molecular flexibility index (Phi) is 20.8. The van der Waals surface area contributed by atoms with E-state index < -0.39 is 152 Å². The maximum Gasteiger partial charge on any atom is 0.416 e. The number of hydrogen-bond donors (Lipinski definition) is 4. The quantitative estimate of drug-likeness (QED) is 0.0377. The first-order chi connectivity index (χ1) is 40.9. The Bertz CT molecular complexity index is 3070. The number of halogens is 14. The lowest BCUT2D eigenvalue weighted by Gasteiger charge is -2.38. The molecule has 88 heavy (non-hydrogen) atoms. The lowest BCUT2D eigenvalue weighted by molar-refractivity contribution is -0.150. The van der Waals surface area contributed by atoms with Crippen molar-refractivity contribution in [2.75, 3.05) is 36.9 Å². The van der Waals surface area contributed by atoms with E-state index in [1.807, 2.05) is 0 Å². The number of carbonyl (C=O) groups excluding carboxylic acids is 4. The van der Waals surface area contributed by atoms with Crippen LogP contribution in [0.5, 0.6) is 0 Å². The Morgan fingerprint density at radius 1 is 0.489 bits per heavy atom. The van der Waals surface area contributed by atoms with Gasteiger partial charge in [-0.3, -0.25) is 19.2 Å². The second-order valence-corrected chi connectivity index (χ2v) is 23.4. The number of thiocarbonyl (C=S) groups is 2. The first kappa shape index (κ1) is 67.9. The average Bonchev–Trinajstić information content (AvgIpc) is 2.53. The number of anilines is 2. The van der Waals surface area contributed by atoms with Crippen LogP contribution in [0.4, 0.5) is 72.8 Å². The van der Waals surface area contributed by atoms with Gasteiger partial charge in [-0.15, -0.1) is 0 Å². The van der Waals surface area contributed by atoms with Crippen molar-refractivity contribution in [3.63, 3.8) is 0 Å². The third kappa shape index (κ3) is 17.8. The number of benzene rings is 5. The van der Waals surface area contributed by atoms with Gasteiger partial charge in [0.05, 0.1) is 60.4 Å². The molecule has 2 fully saturated rings. The number of ether oxygens (including phenoxy) is 2. The Hall–Kier alpha value is -7.62. The van der Waals surface area contributed by atoms with Crippen LogP contribution in [-0.2, 0) is 66.2 Å². The number of nitrogens with zero attached hydrogens (tertiary/aromatic N) is 2. The van der Waals surface area contributed by atoms with Crippen molar-refractivity contribution in [2.24, 2.45) is 10.8 Å². The van der Waals surface area contributed by atoms with Crippen molar-refractivity contribution >= 4 is 69.8 Å². The molecule has 0 unspecified atom stereocenters. The third-order valence-electron chi connectivity index (χ3n) is 14.8. The first-order valence-electron chi connectivity index (χ1n) is 27.1. The molecule has 0 bridgehead atoms.